The number of halogens is 1. The number of rotatable bonds is 13. The van der Waals surface area contributed by atoms with Gasteiger partial charge in [0.15, 0.2) is 0 Å². The van der Waals surface area contributed by atoms with Gasteiger partial charge in [0.05, 0.1) is 17.7 Å². The van der Waals surface area contributed by atoms with Crippen molar-refractivity contribution in [2.24, 2.45) is 5.92 Å². The lowest BCUT2D eigenvalue weighted by atomic mass is 10.1. The van der Waals surface area contributed by atoms with Crippen molar-refractivity contribution >= 4 is 27.5 Å². The summed E-state index contributed by atoms with van der Waals surface area (Å²) in [4.78, 5) is 28.7. The molecule has 0 aliphatic heterocycles. The van der Waals surface area contributed by atoms with E-state index in [2.05, 4.69) is 5.32 Å². The summed E-state index contributed by atoms with van der Waals surface area (Å²) in [5, 5.41) is 2.90. The van der Waals surface area contributed by atoms with Gasteiger partial charge in [0.2, 0.25) is 11.8 Å². The van der Waals surface area contributed by atoms with Crippen LogP contribution in [0.1, 0.15) is 38.3 Å². The van der Waals surface area contributed by atoms with E-state index in [4.69, 9.17) is 4.74 Å². The van der Waals surface area contributed by atoms with Crippen LogP contribution in [0, 0.1) is 18.7 Å². The van der Waals surface area contributed by atoms with Gasteiger partial charge >= 0.3 is 0 Å². The number of ether oxygens (including phenoxy) is 1. The number of carbonyl (C=O) groups excluding carboxylic acids is 2. The largest absolute Gasteiger partial charge is 0.497 e. The second kappa shape index (κ2) is 14.1. The molecule has 10 heteroatoms. The molecule has 220 valence electrons. The highest BCUT2D eigenvalue weighted by atomic mass is 32.2. The number of hydrogen-bond acceptors (Lipinski definition) is 5. The van der Waals surface area contributed by atoms with Gasteiger partial charge in [-0.1, -0.05) is 50.6 Å². The molecular formula is C31H38FN3O5S. The van der Waals surface area contributed by atoms with Gasteiger partial charge in [-0.2, -0.15) is 0 Å². The molecule has 8 nitrogen and oxygen atoms in total. The molecule has 0 radical (unpaired) electrons. The number of anilines is 1. The van der Waals surface area contributed by atoms with E-state index < -0.39 is 34.3 Å². The molecule has 0 heterocycles. The maximum atomic E-state index is 14.1. The van der Waals surface area contributed by atoms with Crippen molar-refractivity contribution in [3.63, 3.8) is 0 Å². The first kappa shape index (κ1) is 31.6. The first-order valence-electron chi connectivity index (χ1n) is 13.5. The number of aryl methyl sites for hydroxylation is 1. The van der Waals surface area contributed by atoms with Gasteiger partial charge in [-0.3, -0.25) is 13.9 Å². The minimum absolute atomic E-state index is 0.0127. The number of methoxy groups -OCH3 is 1. The summed E-state index contributed by atoms with van der Waals surface area (Å²) in [6.07, 6.45) is 0.306. The van der Waals surface area contributed by atoms with Gasteiger partial charge in [-0.05, 0) is 73.4 Å². The molecule has 1 atom stereocenters. The highest BCUT2D eigenvalue weighted by molar-refractivity contribution is 7.92. The third-order valence-corrected chi connectivity index (χ3v) is 8.35. The molecule has 3 aromatic rings. The summed E-state index contributed by atoms with van der Waals surface area (Å²) in [6, 6.07) is 17.4. The Kier molecular flexibility index (Phi) is 10.9. The number of carbonyl (C=O) groups is 2. The molecule has 3 aromatic carbocycles. The first-order valence-corrected chi connectivity index (χ1v) is 14.9. The van der Waals surface area contributed by atoms with Crippen molar-refractivity contribution in [2.45, 2.75) is 51.6 Å². The molecule has 0 bridgehead atoms. The minimum Gasteiger partial charge on any atom is -0.497 e. The van der Waals surface area contributed by atoms with E-state index in [1.807, 2.05) is 26.8 Å². The van der Waals surface area contributed by atoms with Crippen LogP contribution in [0.2, 0.25) is 0 Å². The summed E-state index contributed by atoms with van der Waals surface area (Å²) in [6.45, 7) is 7.45. The highest BCUT2D eigenvalue weighted by Gasteiger charge is 2.33. The van der Waals surface area contributed by atoms with Crippen LogP contribution < -0.4 is 14.4 Å². The molecule has 1 N–H and O–H groups in total. The molecule has 0 unspecified atom stereocenters. The minimum atomic E-state index is -4.23. The Morgan fingerprint density at radius 1 is 1.00 bits per heavy atom. The normalized spacial score (nSPS) is 12.1. The molecule has 0 aliphatic carbocycles. The van der Waals surface area contributed by atoms with Crippen LogP contribution in [-0.4, -0.2) is 51.4 Å². The van der Waals surface area contributed by atoms with Gasteiger partial charge in [0, 0.05) is 13.1 Å². The number of nitrogens with zero attached hydrogens (tertiary/aromatic N) is 2. The number of sulfonamides is 1. The molecular weight excluding hydrogens is 545 g/mol. The summed E-state index contributed by atoms with van der Waals surface area (Å²) in [7, 11) is -2.69. The lowest BCUT2D eigenvalue weighted by molar-refractivity contribution is -0.140. The molecule has 0 saturated heterocycles. The SMILES string of the molecule is CC[C@H](C(=O)NCC(C)C)N(Cc1cccc(OC)c1)C(=O)CN(c1ccc(F)cc1)S(=O)(=O)c1ccc(C)cc1. The van der Waals surface area contributed by atoms with Crippen molar-refractivity contribution in [1.82, 2.24) is 10.2 Å². The standard InChI is InChI=1S/C31H38FN3O5S/c1-6-29(31(37)33-19-22(2)3)34(20-24-8-7-9-27(18-24)40-5)30(36)21-35(26-14-12-25(32)13-15-26)41(38,39)28-16-10-23(4)11-17-28/h7-18,22,29H,6,19-21H2,1-5H3,(H,33,37)/t29-/m1/s1. The number of hydrogen-bond donors (Lipinski definition) is 1. The van der Waals surface area contributed by atoms with E-state index in [-0.39, 0.29) is 29.0 Å². The second-order valence-electron chi connectivity index (χ2n) is 10.2. The molecule has 2 amide bonds. The van der Waals surface area contributed by atoms with Crippen molar-refractivity contribution in [3.8, 4) is 5.75 Å². The molecule has 0 spiro atoms. The monoisotopic (exact) mass is 583 g/mol. The molecule has 0 aromatic heterocycles. The number of benzene rings is 3. The van der Waals surface area contributed by atoms with Crippen LogP contribution in [0.3, 0.4) is 0 Å². The average molecular weight is 584 g/mol. The van der Waals surface area contributed by atoms with Crippen LogP contribution >= 0.6 is 0 Å². The summed E-state index contributed by atoms with van der Waals surface area (Å²) in [5.74, 6) is -0.665. The van der Waals surface area contributed by atoms with E-state index in [1.165, 1.54) is 36.3 Å². The molecule has 0 saturated carbocycles. The fraction of sp³-hybridized carbons (Fsp3) is 0.355. The fourth-order valence-corrected chi connectivity index (χ4v) is 5.70. The average Bonchev–Trinajstić information content (AvgIpc) is 2.95. The Labute approximate surface area is 242 Å². The predicted octanol–water partition coefficient (Wildman–Crippen LogP) is 4.92. The maximum absolute atomic E-state index is 14.1. The van der Waals surface area contributed by atoms with Crippen molar-refractivity contribution in [2.75, 3.05) is 24.5 Å². The Morgan fingerprint density at radius 2 is 1.66 bits per heavy atom. The van der Waals surface area contributed by atoms with E-state index in [0.29, 0.717) is 24.3 Å². The quantitative estimate of drug-likeness (QED) is 0.308. The van der Waals surface area contributed by atoms with Crippen molar-refractivity contribution < 1.29 is 27.1 Å². The van der Waals surface area contributed by atoms with E-state index in [1.54, 1.807) is 37.3 Å². The van der Waals surface area contributed by atoms with Gasteiger partial charge in [0.1, 0.15) is 24.2 Å². The maximum Gasteiger partial charge on any atom is 0.264 e. The zero-order valence-electron chi connectivity index (χ0n) is 24.1. The summed E-state index contributed by atoms with van der Waals surface area (Å²) < 4.78 is 47.8. The highest BCUT2D eigenvalue weighted by Crippen LogP contribution is 2.26. The zero-order chi connectivity index (χ0) is 30.2. The molecule has 0 fully saturated rings. The Bertz CT molecular complexity index is 1430. The summed E-state index contributed by atoms with van der Waals surface area (Å²) in [5.41, 5.74) is 1.71. The van der Waals surface area contributed by atoms with Crippen LogP contribution in [0.15, 0.2) is 77.7 Å². The lowest BCUT2D eigenvalue weighted by Crippen LogP contribution is -2.52. The topological polar surface area (TPSA) is 96.0 Å². The molecule has 41 heavy (non-hydrogen) atoms. The van der Waals surface area contributed by atoms with Gasteiger partial charge in [0.25, 0.3) is 10.0 Å². The zero-order valence-corrected chi connectivity index (χ0v) is 24.9. The van der Waals surface area contributed by atoms with Crippen LogP contribution in [0.25, 0.3) is 0 Å². The number of amides is 2. The second-order valence-corrected chi connectivity index (χ2v) is 12.1. The van der Waals surface area contributed by atoms with Crippen LogP contribution in [0.4, 0.5) is 10.1 Å². The first-order chi connectivity index (χ1) is 19.5. The van der Waals surface area contributed by atoms with Crippen molar-refractivity contribution in [1.29, 1.82) is 0 Å². The third-order valence-electron chi connectivity index (χ3n) is 6.56. The van der Waals surface area contributed by atoms with Gasteiger partial charge < -0.3 is 15.0 Å². The Morgan fingerprint density at radius 3 is 2.24 bits per heavy atom. The van der Waals surface area contributed by atoms with Crippen LogP contribution in [-0.2, 0) is 26.2 Å². The van der Waals surface area contributed by atoms with Crippen molar-refractivity contribution in [3.05, 3.63) is 89.7 Å². The van der Waals surface area contributed by atoms with E-state index >= 15 is 0 Å². The fourth-order valence-electron chi connectivity index (χ4n) is 4.28. The predicted molar refractivity (Wildman–Crippen MR) is 158 cm³/mol. The smallest absolute Gasteiger partial charge is 0.264 e. The van der Waals surface area contributed by atoms with Gasteiger partial charge in [-0.15, -0.1) is 0 Å². The lowest BCUT2D eigenvalue weighted by Gasteiger charge is -2.33. The number of nitrogens with one attached hydrogen (secondary N) is 1. The Hall–Kier alpha value is -3.92. The molecule has 0 aliphatic rings. The third kappa shape index (κ3) is 8.29. The van der Waals surface area contributed by atoms with E-state index in [9.17, 15) is 22.4 Å². The molecule has 3 rings (SSSR count). The van der Waals surface area contributed by atoms with Crippen LogP contribution in [0.5, 0.6) is 5.75 Å². The van der Waals surface area contributed by atoms with Gasteiger partial charge in [-0.25, -0.2) is 12.8 Å². The summed E-state index contributed by atoms with van der Waals surface area (Å²) >= 11 is 0. The van der Waals surface area contributed by atoms with E-state index in [0.717, 1.165) is 22.0 Å². The Balaban J connectivity index is 2.05.